The topological polar surface area (TPSA) is 63.1 Å². The first kappa shape index (κ1) is 18.9. The molecule has 2 N–H and O–H groups in total. The van der Waals surface area contributed by atoms with Crippen molar-refractivity contribution in [3.05, 3.63) is 54.1 Å². The van der Waals surface area contributed by atoms with E-state index < -0.39 is 0 Å². The lowest BCUT2D eigenvalue weighted by Crippen LogP contribution is -3.11. The van der Waals surface area contributed by atoms with Gasteiger partial charge in [-0.1, -0.05) is 24.3 Å². The maximum Gasteiger partial charge on any atom is 0.282 e. The highest BCUT2D eigenvalue weighted by molar-refractivity contribution is 5.97. The average molecular weight is 368 g/mol. The molecule has 2 aromatic rings. The Bertz CT molecular complexity index is 837. The van der Waals surface area contributed by atoms with Crippen LogP contribution in [-0.2, 0) is 16.0 Å². The molecule has 1 unspecified atom stereocenters. The van der Waals surface area contributed by atoms with Gasteiger partial charge in [0.25, 0.3) is 11.8 Å². The first-order valence-corrected chi connectivity index (χ1v) is 9.13. The molecule has 1 aliphatic heterocycles. The molecule has 1 heterocycles. The Balaban J connectivity index is 1.56. The van der Waals surface area contributed by atoms with Crippen LogP contribution in [-0.4, -0.2) is 45.1 Å². The van der Waals surface area contributed by atoms with Crippen molar-refractivity contribution in [1.29, 1.82) is 0 Å². The minimum atomic E-state index is -0.136. The number of hydrogen-bond acceptors (Lipinski definition) is 3. The number of benzene rings is 2. The van der Waals surface area contributed by atoms with Crippen molar-refractivity contribution in [3.63, 3.8) is 0 Å². The van der Waals surface area contributed by atoms with Crippen LogP contribution in [0.4, 0.5) is 11.4 Å². The van der Waals surface area contributed by atoms with Gasteiger partial charge in [0, 0.05) is 23.5 Å². The fourth-order valence-electron chi connectivity index (χ4n) is 3.53. The lowest BCUT2D eigenvalue weighted by molar-refractivity contribution is -0.862. The number of hydrogen-bond donors (Lipinski definition) is 2. The zero-order chi connectivity index (χ0) is 19.4. The number of carbonyl (C=O) groups excluding carboxylic acids is 2. The van der Waals surface area contributed by atoms with Crippen LogP contribution in [0.15, 0.2) is 48.5 Å². The van der Waals surface area contributed by atoms with Crippen molar-refractivity contribution in [3.8, 4) is 5.75 Å². The number of carbonyl (C=O) groups is 2. The molecule has 1 aliphatic rings. The van der Waals surface area contributed by atoms with Gasteiger partial charge in [-0.05, 0) is 37.1 Å². The molecule has 2 amide bonds. The molecule has 0 radical (unpaired) electrons. The molecule has 0 aliphatic carbocycles. The second-order valence-corrected chi connectivity index (χ2v) is 7.04. The molecule has 0 saturated carbocycles. The highest BCUT2D eigenvalue weighted by Crippen LogP contribution is 2.31. The van der Waals surface area contributed by atoms with E-state index in [1.807, 2.05) is 48.3 Å². The quantitative estimate of drug-likeness (QED) is 0.803. The highest BCUT2D eigenvalue weighted by Gasteiger charge is 2.32. The summed E-state index contributed by atoms with van der Waals surface area (Å²) in [7, 11) is 3.44. The van der Waals surface area contributed by atoms with Crippen LogP contribution in [0.25, 0.3) is 0 Å². The number of rotatable bonds is 6. The van der Waals surface area contributed by atoms with Gasteiger partial charge in [0.1, 0.15) is 5.75 Å². The number of para-hydroxylation sites is 1. The van der Waals surface area contributed by atoms with E-state index in [1.54, 1.807) is 13.2 Å². The van der Waals surface area contributed by atoms with Gasteiger partial charge in [0.15, 0.2) is 13.1 Å². The normalized spacial score (nSPS) is 16.6. The Morgan fingerprint density at radius 2 is 1.96 bits per heavy atom. The summed E-state index contributed by atoms with van der Waals surface area (Å²) in [6.45, 7) is 2.54. The van der Waals surface area contributed by atoms with Crippen LogP contribution in [0.5, 0.6) is 5.75 Å². The molecule has 142 valence electrons. The molecule has 0 bridgehead atoms. The summed E-state index contributed by atoms with van der Waals surface area (Å²) in [6.07, 6.45) is 0.872. The largest absolute Gasteiger partial charge is 0.497 e. The molecule has 0 aromatic heterocycles. The predicted octanol–water partition coefficient (Wildman–Crippen LogP) is 1.13. The van der Waals surface area contributed by atoms with Crippen LogP contribution in [0.1, 0.15) is 12.5 Å². The minimum absolute atomic E-state index is 0.0409. The Labute approximate surface area is 159 Å². The number of quaternary nitrogens is 1. The van der Waals surface area contributed by atoms with Crippen molar-refractivity contribution in [2.24, 2.45) is 0 Å². The van der Waals surface area contributed by atoms with E-state index in [0.29, 0.717) is 11.4 Å². The van der Waals surface area contributed by atoms with Crippen LogP contribution in [0, 0.1) is 0 Å². The van der Waals surface area contributed by atoms with E-state index in [-0.39, 0.29) is 30.9 Å². The van der Waals surface area contributed by atoms with E-state index in [0.717, 1.165) is 17.0 Å². The number of methoxy groups -OCH3 is 1. The number of fused-ring (bicyclic) bond motifs is 1. The SMILES string of the molecule is COc1cccc(NC(=O)C[NH+](C)CC(=O)N2c3ccccc3C[C@H]2C)c1. The van der Waals surface area contributed by atoms with Gasteiger partial charge >= 0.3 is 0 Å². The second kappa shape index (κ2) is 8.22. The van der Waals surface area contributed by atoms with Gasteiger partial charge in [0.2, 0.25) is 0 Å². The van der Waals surface area contributed by atoms with E-state index in [9.17, 15) is 9.59 Å². The highest BCUT2D eigenvalue weighted by atomic mass is 16.5. The zero-order valence-corrected chi connectivity index (χ0v) is 16.0. The van der Waals surface area contributed by atoms with Gasteiger partial charge in [-0.15, -0.1) is 0 Å². The fraction of sp³-hybridized carbons (Fsp3) is 0.333. The van der Waals surface area contributed by atoms with E-state index in [1.165, 1.54) is 5.56 Å². The Morgan fingerprint density at radius 3 is 2.74 bits per heavy atom. The van der Waals surface area contributed by atoms with Crippen molar-refractivity contribution >= 4 is 23.2 Å². The van der Waals surface area contributed by atoms with Gasteiger partial charge in [0.05, 0.1) is 14.2 Å². The molecular weight excluding hydrogens is 342 g/mol. The first-order chi connectivity index (χ1) is 13.0. The molecule has 6 nitrogen and oxygen atoms in total. The first-order valence-electron chi connectivity index (χ1n) is 9.13. The third-order valence-electron chi connectivity index (χ3n) is 4.74. The molecule has 0 fully saturated rings. The van der Waals surface area contributed by atoms with Crippen molar-refractivity contribution in [2.45, 2.75) is 19.4 Å². The zero-order valence-electron chi connectivity index (χ0n) is 16.0. The van der Waals surface area contributed by atoms with Gasteiger partial charge < -0.3 is 19.9 Å². The summed E-state index contributed by atoms with van der Waals surface area (Å²) in [5.41, 5.74) is 2.87. The van der Waals surface area contributed by atoms with Crippen LogP contribution in [0.3, 0.4) is 0 Å². The van der Waals surface area contributed by atoms with E-state index in [2.05, 4.69) is 18.3 Å². The molecular formula is C21H26N3O3+. The van der Waals surface area contributed by atoms with E-state index >= 15 is 0 Å². The number of ether oxygens (including phenoxy) is 1. The molecule has 6 heteroatoms. The molecule has 2 aromatic carbocycles. The summed E-state index contributed by atoms with van der Waals surface area (Å²) in [4.78, 5) is 27.8. The summed E-state index contributed by atoms with van der Waals surface area (Å²) in [5, 5.41) is 2.85. The maximum atomic E-state index is 12.8. The standard InChI is InChI=1S/C21H25N3O3/c1-15-11-16-7-4-5-10-19(16)24(15)21(26)14-23(2)13-20(25)22-17-8-6-9-18(12-17)27-3/h4-10,12,15H,11,13-14H2,1-3H3,(H,22,25)/p+1/t15-/m1/s1. The molecule has 0 spiro atoms. The number of likely N-dealkylation sites (N-methyl/N-ethyl adjacent to an activating group) is 1. The molecule has 2 atom stereocenters. The number of nitrogens with one attached hydrogen (secondary N) is 2. The number of anilines is 2. The van der Waals surface area contributed by atoms with Gasteiger partial charge in [-0.25, -0.2) is 0 Å². The van der Waals surface area contributed by atoms with Crippen molar-refractivity contribution in [1.82, 2.24) is 0 Å². The van der Waals surface area contributed by atoms with Crippen LogP contribution < -0.4 is 19.9 Å². The Kier molecular flexibility index (Phi) is 5.76. The summed E-state index contributed by atoms with van der Waals surface area (Å²) < 4.78 is 5.16. The maximum absolute atomic E-state index is 12.8. The molecule has 27 heavy (non-hydrogen) atoms. The van der Waals surface area contributed by atoms with Crippen molar-refractivity contribution in [2.75, 3.05) is 37.5 Å². The molecule has 0 saturated heterocycles. The predicted molar refractivity (Wildman–Crippen MR) is 105 cm³/mol. The smallest absolute Gasteiger partial charge is 0.282 e. The van der Waals surface area contributed by atoms with Crippen LogP contribution in [0.2, 0.25) is 0 Å². The summed E-state index contributed by atoms with van der Waals surface area (Å²) in [6, 6.07) is 15.4. The lowest BCUT2D eigenvalue weighted by Gasteiger charge is -2.24. The minimum Gasteiger partial charge on any atom is -0.497 e. The molecule has 3 rings (SSSR count). The van der Waals surface area contributed by atoms with Crippen LogP contribution >= 0.6 is 0 Å². The van der Waals surface area contributed by atoms with Gasteiger partial charge in [-0.2, -0.15) is 0 Å². The monoisotopic (exact) mass is 368 g/mol. The third-order valence-corrected chi connectivity index (χ3v) is 4.74. The average Bonchev–Trinajstić information content (AvgIpc) is 2.97. The fourth-order valence-corrected chi connectivity index (χ4v) is 3.53. The number of nitrogens with zero attached hydrogens (tertiary/aromatic N) is 1. The van der Waals surface area contributed by atoms with Gasteiger partial charge in [-0.3, -0.25) is 9.59 Å². The Hall–Kier alpha value is -2.86. The van der Waals surface area contributed by atoms with Crippen molar-refractivity contribution < 1.29 is 19.2 Å². The summed E-state index contributed by atoms with van der Waals surface area (Å²) in [5.74, 6) is 0.591. The summed E-state index contributed by atoms with van der Waals surface area (Å²) >= 11 is 0. The Morgan fingerprint density at radius 1 is 1.19 bits per heavy atom. The number of amides is 2. The second-order valence-electron chi connectivity index (χ2n) is 7.04. The van der Waals surface area contributed by atoms with E-state index in [4.69, 9.17) is 4.74 Å². The lowest BCUT2D eigenvalue weighted by atomic mass is 10.1. The third kappa shape index (κ3) is 4.46.